The summed E-state index contributed by atoms with van der Waals surface area (Å²) < 4.78 is 12.6. The Morgan fingerprint density at radius 3 is 2.22 bits per heavy atom. The highest BCUT2D eigenvalue weighted by Crippen LogP contribution is 2.43. The van der Waals surface area contributed by atoms with Gasteiger partial charge < -0.3 is 9.79 Å². The maximum absolute atomic E-state index is 12.6. The number of nitrogens with zero attached hydrogens (tertiary/aromatic N) is 3. The van der Waals surface area contributed by atoms with E-state index in [1.165, 1.54) is 0 Å². The summed E-state index contributed by atoms with van der Waals surface area (Å²) in [5.41, 5.74) is 4.04. The second kappa shape index (κ2) is 10.5. The summed E-state index contributed by atoms with van der Waals surface area (Å²) in [5, 5.41) is 19.5. The smallest absolute Gasteiger partial charge is 0.323 e. The number of tetrazole rings is 1. The van der Waals surface area contributed by atoms with Gasteiger partial charge in [0.1, 0.15) is 5.78 Å². The lowest BCUT2D eigenvalue weighted by atomic mass is 9.99. The van der Waals surface area contributed by atoms with Gasteiger partial charge >= 0.3 is 7.60 Å². The van der Waals surface area contributed by atoms with Crippen LogP contribution in [0.5, 0.6) is 0 Å². The maximum atomic E-state index is 12.6. The van der Waals surface area contributed by atoms with Crippen LogP contribution in [0.15, 0.2) is 97.1 Å². The zero-order valence-corrected chi connectivity index (χ0v) is 20.3. The lowest BCUT2D eigenvalue weighted by Crippen LogP contribution is -2.36. The fourth-order valence-electron chi connectivity index (χ4n) is 4.43. The van der Waals surface area contributed by atoms with Crippen LogP contribution in [0.25, 0.3) is 21.9 Å². The van der Waals surface area contributed by atoms with Crippen LogP contribution < -0.4 is 5.32 Å². The molecule has 1 unspecified atom stereocenters. The molecule has 8 nitrogen and oxygen atoms in total. The fraction of sp³-hybridized carbons (Fsp3) is 0.148. The highest BCUT2D eigenvalue weighted by molar-refractivity contribution is 7.52. The molecule has 2 atom stereocenters. The van der Waals surface area contributed by atoms with Crippen molar-refractivity contribution in [3.05, 3.63) is 114 Å². The molecule has 4 aromatic carbocycles. The Hall–Kier alpha value is -3.68. The van der Waals surface area contributed by atoms with Crippen LogP contribution in [-0.2, 0) is 17.4 Å². The van der Waals surface area contributed by atoms with Crippen molar-refractivity contribution in [2.24, 2.45) is 0 Å². The van der Waals surface area contributed by atoms with Gasteiger partial charge in [-0.1, -0.05) is 102 Å². The van der Waals surface area contributed by atoms with Crippen molar-refractivity contribution in [1.29, 1.82) is 0 Å². The van der Waals surface area contributed by atoms with Gasteiger partial charge in [-0.15, -0.1) is 10.2 Å². The summed E-state index contributed by atoms with van der Waals surface area (Å²) in [4.78, 5) is 20.5. The molecule has 36 heavy (non-hydrogen) atoms. The lowest BCUT2D eigenvalue weighted by Gasteiger charge is -2.25. The van der Waals surface area contributed by atoms with Crippen LogP contribution in [0.2, 0.25) is 0 Å². The van der Waals surface area contributed by atoms with Gasteiger partial charge in [-0.25, -0.2) is 0 Å². The fourth-order valence-corrected chi connectivity index (χ4v) is 5.24. The first-order valence-corrected chi connectivity index (χ1v) is 13.3. The van der Waals surface area contributed by atoms with Gasteiger partial charge in [0.2, 0.25) is 0 Å². The predicted octanol–water partition coefficient (Wildman–Crippen LogP) is 4.64. The SMILES string of the molecule is O=P(O)(O)C(Cc1cccc2ccccc12)N[C@H](Cc1ccc(-c2ccccc2)cc1)c1nn[nH]n1. The molecule has 0 aliphatic rings. The standard InChI is InChI=1S/C27H26N5O3P/c33-36(34,35)26(18-23-11-6-10-22-9-4-5-12-24(22)23)28-25(27-29-31-32-30-27)17-19-13-15-21(16-14-19)20-7-2-1-3-8-20/h1-16,25-26,28H,17-18H2,(H2,33,34,35)(H,29,30,31,32)/t25-,26?/m1/s1. The van der Waals surface area contributed by atoms with E-state index < -0.39 is 19.4 Å². The molecule has 182 valence electrons. The molecular formula is C27H26N5O3P. The molecule has 0 spiro atoms. The molecule has 0 radical (unpaired) electrons. The van der Waals surface area contributed by atoms with E-state index >= 15 is 0 Å². The Morgan fingerprint density at radius 1 is 0.806 bits per heavy atom. The van der Waals surface area contributed by atoms with Crippen molar-refractivity contribution in [3.63, 3.8) is 0 Å². The third-order valence-electron chi connectivity index (χ3n) is 6.27. The average molecular weight is 500 g/mol. The highest BCUT2D eigenvalue weighted by Gasteiger charge is 2.33. The third-order valence-corrected chi connectivity index (χ3v) is 7.41. The second-order valence-corrected chi connectivity index (χ2v) is 10.5. The largest absolute Gasteiger partial charge is 0.342 e. The van der Waals surface area contributed by atoms with Crippen LogP contribution in [0.1, 0.15) is 23.0 Å². The first kappa shape index (κ1) is 24.0. The van der Waals surface area contributed by atoms with E-state index in [1.54, 1.807) is 0 Å². The zero-order chi connectivity index (χ0) is 25.0. The molecule has 0 bridgehead atoms. The summed E-state index contributed by atoms with van der Waals surface area (Å²) in [7, 11) is -4.52. The molecule has 4 N–H and O–H groups in total. The second-order valence-electron chi connectivity index (χ2n) is 8.70. The maximum Gasteiger partial charge on any atom is 0.342 e. The molecular weight excluding hydrogens is 473 g/mol. The zero-order valence-electron chi connectivity index (χ0n) is 19.4. The number of H-pyrrole nitrogens is 1. The highest BCUT2D eigenvalue weighted by atomic mass is 31.2. The van der Waals surface area contributed by atoms with Crippen molar-refractivity contribution < 1.29 is 14.4 Å². The number of hydrogen-bond donors (Lipinski definition) is 4. The number of benzene rings is 4. The van der Waals surface area contributed by atoms with E-state index in [2.05, 4.69) is 38.1 Å². The first-order chi connectivity index (χ1) is 17.5. The van der Waals surface area contributed by atoms with Crippen molar-refractivity contribution >= 4 is 18.4 Å². The molecule has 1 aromatic heterocycles. The Labute approximate surface area is 208 Å². The van der Waals surface area contributed by atoms with Crippen LogP contribution in [0.3, 0.4) is 0 Å². The first-order valence-electron chi connectivity index (χ1n) is 11.6. The lowest BCUT2D eigenvalue weighted by molar-refractivity contribution is 0.333. The summed E-state index contributed by atoms with van der Waals surface area (Å²) in [6, 6.07) is 31.2. The van der Waals surface area contributed by atoms with E-state index in [1.807, 2.05) is 84.9 Å². The number of hydrogen-bond acceptors (Lipinski definition) is 5. The molecule has 0 saturated heterocycles. The molecule has 5 rings (SSSR count). The van der Waals surface area contributed by atoms with Crippen molar-refractivity contribution in [2.75, 3.05) is 0 Å². The molecule has 0 amide bonds. The van der Waals surface area contributed by atoms with Gasteiger partial charge in [0.15, 0.2) is 5.82 Å². The quantitative estimate of drug-likeness (QED) is 0.218. The van der Waals surface area contributed by atoms with Gasteiger partial charge in [0.25, 0.3) is 0 Å². The number of fused-ring (bicyclic) bond motifs is 1. The Balaban J connectivity index is 1.41. The molecule has 1 heterocycles. The molecule has 0 aliphatic carbocycles. The molecule has 0 saturated carbocycles. The van der Waals surface area contributed by atoms with Crippen LogP contribution in [-0.4, -0.2) is 36.2 Å². The van der Waals surface area contributed by atoms with E-state index in [0.29, 0.717) is 12.2 Å². The minimum absolute atomic E-state index is 0.146. The molecule has 0 aliphatic heterocycles. The van der Waals surface area contributed by atoms with Crippen LogP contribution in [0, 0.1) is 0 Å². The molecule has 9 heteroatoms. The minimum Gasteiger partial charge on any atom is -0.323 e. The van der Waals surface area contributed by atoms with Crippen LogP contribution >= 0.6 is 7.60 Å². The normalized spacial score (nSPS) is 13.5. The van der Waals surface area contributed by atoms with Crippen molar-refractivity contribution in [2.45, 2.75) is 24.7 Å². The van der Waals surface area contributed by atoms with Crippen LogP contribution in [0.4, 0.5) is 0 Å². The monoisotopic (exact) mass is 499 g/mol. The van der Waals surface area contributed by atoms with E-state index in [-0.39, 0.29) is 6.42 Å². The van der Waals surface area contributed by atoms with Crippen molar-refractivity contribution in [3.8, 4) is 11.1 Å². The number of nitrogens with one attached hydrogen (secondary N) is 2. The minimum atomic E-state index is -4.52. The van der Waals surface area contributed by atoms with E-state index in [9.17, 15) is 14.4 Å². The van der Waals surface area contributed by atoms with E-state index in [4.69, 9.17) is 0 Å². The summed E-state index contributed by atoms with van der Waals surface area (Å²) in [5.74, 6) is -0.783. The molecule has 0 fully saturated rings. The topological polar surface area (TPSA) is 124 Å². The van der Waals surface area contributed by atoms with Gasteiger partial charge in [-0.2, -0.15) is 5.21 Å². The Kier molecular flexibility index (Phi) is 7.02. The number of aromatic amines is 1. The van der Waals surface area contributed by atoms with Gasteiger partial charge in [-0.3, -0.25) is 9.88 Å². The predicted molar refractivity (Wildman–Crippen MR) is 139 cm³/mol. The Morgan fingerprint density at radius 2 is 1.50 bits per heavy atom. The Bertz CT molecular complexity index is 1470. The van der Waals surface area contributed by atoms with Crippen molar-refractivity contribution in [1.82, 2.24) is 25.9 Å². The van der Waals surface area contributed by atoms with Gasteiger partial charge in [0.05, 0.1) is 6.04 Å². The number of aromatic nitrogens is 4. The summed E-state index contributed by atoms with van der Waals surface area (Å²) >= 11 is 0. The summed E-state index contributed by atoms with van der Waals surface area (Å²) in [6.07, 6.45) is 0.577. The summed E-state index contributed by atoms with van der Waals surface area (Å²) in [6.45, 7) is 0. The third kappa shape index (κ3) is 5.58. The van der Waals surface area contributed by atoms with E-state index in [0.717, 1.165) is 33.0 Å². The number of rotatable bonds is 9. The van der Waals surface area contributed by atoms with Gasteiger partial charge in [-0.05, 0) is 45.9 Å². The average Bonchev–Trinajstić information content (AvgIpc) is 3.43. The molecule has 5 aromatic rings. The van der Waals surface area contributed by atoms with Gasteiger partial charge in [0, 0.05) is 0 Å².